The maximum Gasteiger partial charge on any atom is 0.246 e. The Kier molecular flexibility index (Phi) is 4.91. The minimum Gasteiger partial charge on any atom is -0.337 e. The quantitative estimate of drug-likeness (QED) is 0.666. The molecule has 7 heteroatoms. The van der Waals surface area contributed by atoms with Crippen molar-refractivity contribution in [2.24, 2.45) is 0 Å². The molecule has 0 atom stereocenters. The van der Waals surface area contributed by atoms with Crippen LogP contribution in [0, 0.1) is 0 Å². The second-order valence-corrected chi connectivity index (χ2v) is 6.25. The topological polar surface area (TPSA) is 67.2 Å². The number of benzene rings is 1. The van der Waals surface area contributed by atoms with Crippen LogP contribution >= 0.6 is 0 Å². The molecule has 2 aromatic heterocycles. The maximum absolute atomic E-state index is 12.5. The summed E-state index contributed by atoms with van der Waals surface area (Å²) in [7, 11) is 0. The van der Waals surface area contributed by atoms with Crippen molar-refractivity contribution in [2.75, 3.05) is 31.1 Å². The lowest BCUT2D eigenvalue weighted by atomic mass is 10.2. The molecule has 0 saturated carbocycles. The van der Waals surface area contributed by atoms with Gasteiger partial charge in [-0.15, -0.1) is 0 Å². The zero-order chi connectivity index (χ0) is 18.5. The van der Waals surface area contributed by atoms with Gasteiger partial charge in [0.25, 0.3) is 0 Å². The van der Waals surface area contributed by atoms with Crippen molar-refractivity contribution in [2.45, 2.75) is 0 Å². The molecular formula is C20H20N6O. The van der Waals surface area contributed by atoms with Crippen molar-refractivity contribution < 1.29 is 4.79 Å². The van der Waals surface area contributed by atoms with Gasteiger partial charge in [-0.2, -0.15) is 5.10 Å². The molecule has 1 aromatic carbocycles. The molecule has 7 nitrogen and oxygen atoms in total. The summed E-state index contributed by atoms with van der Waals surface area (Å²) in [6.45, 7) is 2.78. The summed E-state index contributed by atoms with van der Waals surface area (Å²) >= 11 is 0. The fraction of sp³-hybridized carbons (Fsp3) is 0.200. The third-order valence-electron chi connectivity index (χ3n) is 4.47. The van der Waals surface area contributed by atoms with Crippen molar-refractivity contribution in [1.82, 2.24) is 24.6 Å². The van der Waals surface area contributed by atoms with Crippen molar-refractivity contribution in [3.8, 4) is 5.69 Å². The number of carbonyl (C=O) groups is 1. The molecule has 0 bridgehead atoms. The molecule has 3 heterocycles. The minimum atomic E-state index is 0.0103. The van der Waals surface area contributed by atoms with Gasteiger partial charge in [-0.1, -0.05) is 18.2 Å². The van der Waals surface area contributed by atoms with Crippen LogP contribution in [0.4, 0.5) is 5.95 Å². The standard InChI is InChI=1S/C20H20N6O/c27-19(24-11-13-25(14-12-24)20-21-9-4-10-22-20)8-7-17-15-23-26(16-17)18-5-2-1-3-6-18/h1-10,15-16H,11-14H2/b8-7+. The summed E-state index contributed by atoms with van der Waals surface area (Å²) in [6.07, 6.45) is 10.5. The van der Waals surface area contributed by atoms with E-state index in [2.05, 4.69) is 20.0 Å². The molecule has 1 fully saturated rings. The predicted octanol–water partition coefficient (Wildman–Crippen LogP) is 2.02. The van der Waals surface area contributed by atoms with Crippen LogP contribution in [0.2, 0.25) is 0 Å². The molecule has 1 aliphatic rings. The first-order chi connectivity index (χ1) is 13.3. The van der Waals surface area contributed by atoms with Crippen LogP contribution in [-0.4, -0.2) is 56.7 Å². The van der Waals surface area contributed by atoms with E-state index in [9.17, 15) is 4.79 Å². The first-order valence-corrected chi connectivity index (χ1v) is 8.89. The zero-order valence-electron chi connectivity index (χ0n) is 14.8. The smallest absolute Gasteiger partial charge is 0.246 e. The van der Waals surface area contributed by atoms with E-state index in [1.54, 1.807) is 41.5 Å². The number of aromatic nitrogens is 4. The average Bonchev–Trinajstić information content (AvgIpc) is 3.22. The minimum absolute atomic E-state index is 0.0103. The van der Waals surface area contributed by atoms with Crippen LogP contribution in [0.15, 0.2) is 67.3 Å². The average molecular weight is 360 g/mol. The first-order valence-electron chi connectivity index (χ1n) is 8.89. The zero-order valence-corrected chi connectivity index (χ0v) is 14.8. The van der Waals surface area contributed by atoms with E-state index in [1.165, 1.54) is 0 Å². The summed E-state index contributed by atoms with van der Waals surface area (Å²) in [4.78, 5) is 24.9. The van der Waals surface area contributed by atoms with Crippen molar-refractivity contribution >= 4 is 17.9 Å². The molecule has 0 unspecified atom stereocenters. The van der Waals surface area contributed by atoms with Crippen LogP contribution in [0.5, 0.6) is 0 Å². The van der Waals surface area contributed by atoms with E-state index in [4.69, 9.17) is 0 Å². The second kappa shape index (κ2) is 7.82. The Bertz CT molecular complexity index is 914. The highest BCUT2D eigenvalue weighted by atomic mass is 16.2. The molecule has 27 heavy (non-hydrogen) atoms. The molecular weight excluding hydrogens is 340 g/mol. The number of rotatable bonds is 4. The molecule has 1 saturated heterocycles. The number of carbonyl (C=O) groups excluding carboxylic acids is 1. The summed E-state index contributed by atoms with van der Waals surface area (Å²) in [6, 6.07) is 11.7. The highest BCUT2D eigenvalue weighted by Gasteiger charge is 2.20. The molecule has 0 aliphatic carbocycles. The van der Waals surface area contributed by atoms with Crippen LogP contribution in [0.3, 0.4) is 0 Å². The van der Waals surface area contributed by atoms with E-state index in [0.717, 1.165) is 24.3 Å². The molecule has 136 valence electrons. The van der Waals surface area contributed by atoms with Gasteiger partial charge < -0.3 is 9.80 Å². The van der Waals surface area contributed by atoms with Crippen LogP contribution < -0.4 is 4.90 Å². The number of piperazine rings is 1. The lowest BCUT2D eigenvalue weighted by Gasteiger charge is -2.34. The number of hydrogen-bond donors (Lipinski definition) is 0. The van der Waals surface area contributed by atoms with E-state index in [-0.39, 0.29) is 5.91 Å². The van der Waals surface area contributed by atoms with Crippen molar-refractivity contribution in [1.29, 1.82) is 0 Å². The Hall–Kier alpha value is -3.48. The largest absolute Gasteiger partial charge is 0.337 e. The SMILES string of the molecule is O=C(/C=C/c1cnn(-c2ccccc2)c1)N1CCN(c2ncccn2)CC1. The van der Waals surface area contributed by atoms with E-state index < -0.39 is 0 Å². The highest BCUT2D eigenvalue weighted by Crippen LogP contribution is 2.12. The van der Waals surface area contributed by atoms with Gasteiger partial charge in [-0.05, 0) is 24.3 Å². The van der Waals surface area contributed by atoms with E-state index in [1.807, 2.05) is 41.4 Å². The molecule has 0 N–H and O–H groups in total. The lowest BCUT2D eigenvalue weighted by Crippen LogP contribution is -2.48. The van der Waals surface area contributed by atoms with Gasteiger partial charge in [0.15, 0.2) is 0 Å². The Morgan fingerprint density at radius 1 is 0.963 bits per heavy atom. The van der Waals surface area contributed by atoms with Crippen LogP contribution in [0.25, 0.3) is 11.8 Å². The van der Waals surface area contributed by atoms with Crippen LogP contribution in [-0.2, 0) is 4.79 Å². The third kappa shape index (κ3) is 4.03. The first kappa shape index (κ1) is 17.0. The monoisotopic (exact) mass is 360 g/mol. The number of amides is 1. The van der Waals surface area contributed by atoms with Gasteiger partial charge in [-0.25, -0.2) is 14.6 Å². The van der Waals surface area contributed by atoms with Gasteiger partial charge in [0.2, 0.25) is 11.9 Å². The van der Waals surface area contributed by atoms with Crippen LogP contribution in [0.1, 0.15) is 5.56 Å². The van der Waals surface area contributed by atoms with Gasteiger partial charge in [0, 0.05) is 56.4 Å². The normalized spacial score (nSPS) is 14.7. The Morgan fingerprint density at radius 2 is 1.70 bits per heavy atom. The number of nitrogens with zero attached hydrogens (tertiary/aromatic N) is 6. The van der Waals surface area contributed by atoms with Gasteiger partial charge in [0.1, 0.15) is 0 Å². The van der Waals surface area contributed by atoms with E-state index >= 15 is 0 Å². The Balaban J connectivity index is 1.34. The molecule has 1 aliphatic heterocycles. The van der Waals surface area contributed by atoms with E-state index in [0.29, 0.717) is 19.0 Å². The summed E-state index contributed by atoms with van der Waals surface area (Å²) < 4.78 is 1.79. The Labute approximate surface area is 157 Å². The van der Waals surface area contributed by atoms with Gasteiger partial charge in [-0.3, -0.25) is 4.79 Å². The van der Waals surface area contributed by atoms with Gasteiger partial charge in [0.05, 0.1) is 11.9 Å². The highest BCUT2D eigenvalue weighted by molar-refractivity contribution is 5.91. The maximum atomic E-state index is 12.5. The molecule has 3 aromatic rings. The number of anilines is 1. The Morgan fingerprint density at radius 3 is 2.44 bits per heavy atom. The van der Waals surface area contributed by atoms with Crippen molar-refractivity contribution in [3.05, 3.63) is 72.8 Å². The molecule has 1 amide bonds. The summed E-state index contributed by atoms with van der Waals surface area (Å²) in [5.74, 6) is 0.726. The summed E-state index contributed by atoms with van der Waals surface area (Å²) in [5.41, 5.74) is 1.88. The molecule has 4 rings (SSSR count). The summed E-state index contributed by atoms with van der Waals surface area (Å²) in [5, 5.41) is 4.34. The molecule has 0 radical (unpaired) electrons. The third-order valence-corrected chi connectivity index (χ3v) is 4.47. The predicted molar refractivity (Wildman–Crippen MR) is 103 cm³/mol. The number of hydrogen-bond acceptors (Lipinski definition) is 5. The lowest BCUT2D eigenvalue weighted by molar-refractivity contribution is -0.126. The fourth-order valence-electron chi connectivity index (χ4n) is 3.00. The second-order valence-electron chi connectivity index (χ2n) is 6.25. The number of para-hydroxylation sites is 1. The fourth-order valence-corrected chi connectivity index (χ4v) is 3.00. The van der Waals surface area contributed by atoms with Gasteiger partial charge >= 0.3 is 0 Å². The molecule has 0 spiro atoms. The van der Waals surface area contributed by atoms with Crippen molar-refractivity contribution in [3.63, 3.8) is 0 Å².